The second-order valence-corrected chi connectivity index (χ2v) is 8.51. The SMILES string of the molecule is CCN[C@@H](C)C(=O)N[C@H](C(=O)N1c2ncccc2C[C@H]1C(=O)Nc1c(F)cccc1F)C(C)C. The van der Waals surface area contributed by atoms with Crippen LogP contribution in [0.2, 0.25) is 0 Å². The summed E-state index contributed by atoms with van der Waals surface area (Å²) < 4.78 is 28.3. The number of rotatable bonds is 8. The topological polar surface area (TPSA) is 103 Å². The molecule has 0 spiro atoms. The van der Waals surface area contributed by atoms with Crippen LogP contribution >= 0.6 is 0 Å². The van der Waals surface area contributed by atoms with Gasteiger partial charge in [0.15, 0.2) is 0 Å². The van der Waals surface area contributed by atoms with Crippen LogP contribution in [-0.4, -0.2) is 47.4 Å². The summed E-state index contributed by atoms with van der Waals surface area (Å²) in [5.74, 6) is -3.52. The number of aromatic nitrogens is 1. The molecule has 8 nitrogen and oxygen atoms in total. The van der Waals surface area contributed by atoms with Crippen molar-refractivity contribution >= 4 is 29.2 Å². The molecule has 1 aliphatic heterocycles. The molecule has 3 N–H and O–H groups in total. The number of anilines is 2. The molecule has 2 heterocycles. The van der Waals surface area contributed by atoms with E-state index in [1.54, 1.807) is 32.9 Å². The van der Waals surface area contributed by atoms with Gasteiger partial charge in [0, 0.05) is 12.6 Å². The van der Waals surface area contributed by atoms with Crippen molar-refractivity contribution in [1.29, 1.82) is 0 Å². The third kappa shape index (κ3) is 5.22. The zero-order valence-electron chi connectivity index (χ0n) is 19.6. The molecule has 0 saturated heterocycles. The predicted octanol–water partition coefficient (Wildman–Crippen LogP) is 2.40. The van der Waals surface area contributed by atoms with Gasteiger partial charge in [-0.15, -0.1) is 0 Å². The van der Waals surface area contributed by atoms with E-state index in [9.17, 15) is 23.2 Å². The molecule has 0 radical (unpaired) electrons. The van der Waals surface area contributed by atoms with Gasteiger partial charge >= 0.3 is 0 Å². The van der Waals surface area contributed by atoms with Crippen LogP contribution in [0.5, 0.6) is 0 Å². The van der Waals surface area contributed by atoms with Crippen LogP contribution in [0.25, 0.3) is 0 Å². The molecule has 0 saturated carbocycles. The summed E-state index contributed by atoms with van der Waals surface area (Å²) in [5.41, 5.74) is 0.0526. The number of hydrogen-bond acceptors (Lipinski definition) is 5. The van der Waals surface area contributed by atoms with Crippen molar-refractivity contribution in [2.45, 2.75) is 52.2 Å². The van der Waals surface area contributed by atoms with Crippen molar-refractivity contribution in [3.63, 3.8) is 0 Å². The summed E-state index contributed by atoms with van der Waals surface area (Å²) in [4.78, 5) is 44.9. The highest BCUT2D eigenvalue weighted by Gasteiger charge is 2.43. The van der Waals surface area contributed by atoms with Crippen molar-refractivity contribution in [3.8, 4) is 0 Å². The van der Waals surface area contributed by atoms with Gasteiger partial charge in [-0.2, -0.15) is 0 Å². The third-order valence-corrected chi connectivity index (χ3v) is 5.71. The van der Waals surface area contributed by atoms with Crippen molar-refractivity contribution in [2.75, 3.05) is 16.8 Å². The van der Waals surface area contributed by atoms with E-state index in [2.05, 4.69) is 20.9 Å². The summed E-state index contributed by atoms with van der Waals surface area (Å²) >= 11 is 0. The van der Waals surface area contributed by atoms with E-state index in [0.717, 1.165) is 12.1 Å². The van der Waals surface area contributed by atoms with Gasteiger partial charge < -0.3 is 16.0 Å². The molecule has 10 heteroatoms. The van der Waals surface area contributed by atoms with Gasteiger partial charge in [-0.1, -0.05) is 32.9 Å². The Morgan fingerprint density at radius 1 is 1.12 bits per heavy atom. The standard InChI is InChI=1S/C24H29F2N5O3/c1-5-27-14(4)22(32)29-19(13(2)3)24(34)31-18(12-15-8-7-11-28-21(15)31)23(33)30-20-16(25)9-6-10-17(20)26/h6-11,13-14,18-19,27H,5,12H2,1-4H3,(H,29,32)(H,30,33)/t14-,18-,19-/m0/s1. The van der Waals surface area contributed by atoms with E-state index >= 15 is 0 Å². The Balaban J connectivity index is 1.92. The fraction of sp³-hybridized carbons (Fsp3) is 0.417. The number of hydrogen-bond donors (Lipinski definition) is 3. The highest BCUT2D eigenvalue weighted by Crippen LogP contribution is 2.32. The van der Waals surface area contributed by atoms with E-state index in [0.29, 0.717) is 12.1 Å². The van der Waals surface area contributed by atoms with Crippen LogP contribution in [0.3, 0.4) is 0 Å². The molecule has 3 atom stereocenters. The van der Waals surface area contributed by atoms with Gasteiger partial charge in [0.1, 0.15) is 35.2 Å². The van der Waals surface area contributed by atoms with Crippen molar-refractivity contribution < 1.29 is 23.2 Å². The zero-order chi connectivity index (χ0) is 25.0. The first kappa shape index (κ1) is 25.2. The van der Waals surface area contributed by atoms with Crippen molar-refractivity contribution in [3.05, 3.63) is 53.7 Å². The molecule has 1 aromatic carbocycles. The number of fused-ring (bicyclic) bond motifs is 1. The molecule has 2 aromatic rings. The lowest BCUT2D eigenvalue weighted by molar-refractivity contribution is -0.130. The van der Waals surface area contributed by atoms with Gasteiger partial charge in [-0.05, 0) is 43.1 Å². The first-order valence-electron chi connectivity index (χ1n) is 11.2. The Kier molecular flexibility index (Phi) is 7.93. The normalized spacial score (nSPS) is 16.7. The number of likely N-dealkylation sites (N-methyl/N-ethyl adjacent to an activating group) is 1. The fourth-order valence-corrected chi connectivity index (χ4v) is 3.89. The van der Waals surface area contributed by atoms with Crippen LogP contribution in [-0.2, 0) is 20.8 Å². The Morgan fingerprint density at radius 3 is 2.41 bits per heavy atom. The molecule has 0 bridgehead atoms. The van der Waals surface area contributed by atoms with Gasteiger partial charge in [0.05, 0.1) is 6.04 Å². The summed E-state index contributed by atoms with van der Waals surface area (Å²) in [6, 6.07) is 4.10. The van der Waals surface area contributed by atoms with E-state index in [1.807, 2.05) is 6.92 Å². The van der Waals surface area contributed by atoms with Crippen LogP contribution < -0.4 is 20.9 Å². The first-order valence-corrected chi connectivity index (χ1v) is 11.2. The number of halogens is 2. The number of para-hydroxylation sites is 1. The number of carbonyl (C=O) groups excluding carboxylic acids is 3. The Bertz CT molecular complexity index is 1060. The van der Waals surface area contributed by atoms with Gasteiger partial charge in [-0.3, -0.25) is 19.3 Å². The van der Waals surface area contributed by atoms with Crippen LogP contribution in [0.4, 0.5) is 20.3 Å². The molecule has 34 heavy (non-hydrogen) atoms. The zero-order valence-corrected chi connectivity index (χ0v) is 19.6. The third-order valence-electron chi connectivity index (χ3n) is 5.71. The summed E-state index contributed by atoms with van der Waals surface area (Å²) in [7, 11) is 0. The van der Waals surface area contributed by atoms with Crippen molar-refractivity contribution in [2.24, 2.45) is 5.92 Å². The molecule has 0 aliphatic carbocycles. The van der Waals surface area contributed by atoms with Gasteiger partial charge in [0.2, 0.25) is 11.8 Å². The number of nitrogens with one attached hydrogen (secondary N) is 3. The number of nitrogens with zero attached hydrogens (tertiary/aromatic N) is 2. The van der Waals surface area contributed by atoms with E-state index < -0.39 is 47.3 Å². The first-order chi connectivity index (χ1) is 16.1. The van der Waals surface area contributed by atoms with Crippen LogP contribution in [0.1, 0.15) is 33.3 Å². The van der Waals surface area contributed by atoms with Gasteiger partial charge in [0.25, 0.3) is 5.91 Å². The maximum absolute atomic E-state index is 14.1. The van der Waals surface area contributed by atoms with Crippen LogP contribution in [0, 0.1) is 17.6 Å². The largest absolute Gasteiger partial charge is 0.343 e. The molecular formula is C24H29F2N5O3. The molecule has 0 unspecified atom stereocenters. The molecule has 1 aromatic heterocycles. The molecule has 0 fully saturated rings. The second kappa shape index (κ2) is 10.7. The van der Waals surface area contributed by atoms with Gasteiger partial charge in [-0.25, -0.2) is 13.8 Å². The van der Waals surface area contributed by atoms with E-state index in [4.69, 9.17) is 0 Å². The number of pyridine rings is 1. The molecule has 182 valence electrons. The number of carbonyl (C=O) groups is 3. The average Bonchev–Trinajstić information content (AvgIpc) is 3.19. The number of benzene rings is 1. The number of amides is 3. The molecule has 1 aliphatic rings. The van der Waals surface area contributed by atoms with Crippen molar-refractivity contribution in [1.82, 2.24) is 15.6 Å². The van der Waals surface area contributed by atoms with E-state index in [-0.39, 0.29) is 24.1 Å². The molecule has 3 amide bonds. The second-order valence-electron chi connectivity index (χ2n) is 8.51. The minimum absolute atomic E-state index is 0.114. The maximum Gasteiger partial charge on any atom is 0.251 e. The quantitative estimate of drug-likeness (QED) is 0.546. The summed E-state index contributed by atoms with van der Waals surface area (Å²) in [6.07, 6.45) is 1.61. The fourth-order valence-electron chi connectivity index (χ4n) is 3.89. The summed E-state index contributed by atoms with van der Waals surface area (Å²) in [6.45, 7) is 7.68. The minimum atomic E-state index is -1.10. The monoisotopic (exact) mass is 473 g/mol. The highest BCUT2D eigenvalue weighted by molar-refractivity contribution is 6.09. The van der Waals surface area contributed by atoms with Crippen LogP contribution in [0.15, 0.2) is 36.5 Å². The average molecular weight is 474 g/mol. The highest BCUT2D eigenvalue weighted by atomic mass is 19.1. The predicted molar refractivity (Wildman–Crippen MR) is 124 cm³/mol. The minimum Gasteiger partial charge on any atom is -0.343 e. The smallest absolute Gasteiger partial charge is 0.251 e. The lowest BCUT2D eigenvalue weighted by atomic mass is 10.0. The Morgan fingerprint density at radius 2 is 1.79 bits per heavy atom. The summed E-state index contributed by atoms with van der Waals surface area (Å²) in [5, 5.41) is 8.03. The molecular weight excluding hydrogens is 444 g/mol. The maximum atomic E-state index is 14.1. The Hall–Kier alpha value is -3.40. The lowest BCUT2D eigenvalue weighted by Gasteiger charge is -2.31. The lowest BCUT2D eigenvalue weighted by Crippen LogP contribution is -2.58. The molecule has 3 rings (SSSR count). The Labute approximate surface area is 197 Å². The van der Waals surface area contributed by atoms with E-state index in [1.165, 1.54) is 17.2 Å².